The summed E-state index contributed by atoms with van der Waals surface area (Å²) in [5.74, 6) is -0.226. The first-order valence-electron chi connectivity index (χ1n) is 8.53. The zero-order valence-corrected chi connectivity index (χ0v) is 15.0. The van der Waals surface area contributed by atoms with Crippen LogP contribution < -0.4 is 10.2 Å². The molecule has 0 saturated heterocycles. The molecule has 2 aromatic carbocycles. The van der Waals surface area contributed by atoms with Gasteiger partial charge in [0.2, 0.25) is 5.91 Å². The van der Waals surface area contributed by atoms with E-state index in [9.17, 15) is 9.90 Å². The molecule has 27 heavy (non-hydrogen) atoms. The number of anilines is 3. The molecule has 0 aliphatic carbocycles. The Balaban J connectivity index is 2.02. The van der Waals surface area contributed by atoms with Crippen LogP contribution in [-0.4, -0.2) is 23.0 Å². The predicted molar refractivity (Wildman–Crippen MR) is 108 cm³/mol. The number of aliphatic hydroxyl groups excluding tert-OH is 1. The Hall–Kier alpha value is -3.44. The largest absolute Gasteiger partial charge is 0.384 e. The van der Waals surface area contributed by atoms with Gasteiger partial charge in [0.05, 0.1) is 0 Å². The predicted octanol–water partition coefficient (Wildman–Crippen LogP) is 4.06. The molecule has 136 valence electrons. The molecule has 0 spiro atoms. The molecule has 1 amide bonds. The number of benzene rings is 2. The fraction of sp³-hybridized carbons (Fsp3) is 0.0909. The van der Waals surface area contributed by atoms with Gasteiger partial charge in [-0.15, -0.1) is 0 Å². The number of aromatic nitrogens is 1. The monoisotopic (exact) mass is 359 g/mol. The van der Waals surface area contributed by atoms with E-state index in [2.05, 4.69) is 16.9 Å². The van der Waals surface area contributed by atoms with E-state index in [-0.39, 0.29) is 5.91 Å². The maximum Gasteiger partial charge on any atom is 0.250 e. The second-order valence-electron chi connectivity index (χ2n) is 6.09. The number of rotatable bonds is 6. The third-order valence-electron chi connectivity index (χ3n) is 4.23. The number of nitrogens with zero attached hydrogens (tertiary/aromatic N) is 2. The van der Waals surface area contributed by atoms with Crippen molar-refractivity contribution in [3.8, 4) is 0 Å². The molecule has 2 N–H and O–H groups in total. The highest BCUT2D eigenvalue weighted by Crippen LogP contribution is 2.30. The van der Waals surface area contributed by atoms with Gasteiger partial charge < -0.3 is 15.3 Å². The van der Waals surface area contributed by atoms with E-state index in [4.69, 9.17) is 0 Å². The highest BCUT2D eigenvalue weighted by molar-refractivity contribution is 6.01. The van der Waals surface area contributed by atoms with Gasteiger partial charge in [0.25, 0.3) is 0 Å². The molecule has 0 bridgehead atoms. The standard InChI is InChI=1S/C22H21N3O2/c1-3-21(26)25(2)20-14-17(22(27)16-7-5-4-6-8-16)13-19(15-20)24-18-9-11-23-12-10-18/h3-15,22,27H,1H2,2H3,(H,23,24). The minimum Gasteiger partial charge on any atom is -0.384 e. The van der Waals surface area contributed by atoms with Crippen LogP contribution in [0.2, 0.25) is 0 Å². The molecule has 1 unspecified atom stereocenters. The van der Waals surface area contributed by atoms with Gasteiger partial charge in [0.1, 0.15) is 6.10 Å². The van der Waals surface area contributed by atoms with Crippen LogP contribution in [0.5, 0.6) is 0 Å². The number of amides is 1. The van der Waals surface area contributed by atoms with Gasteiger partial charge in [0, 0.05) is 36.5 Å². The van der Waals surface area contributed by atoms with Crippen LogP contribution in [0.1, 0.15) is 17.2 Å². The van der Waals surface area contributed by atoms with E-state index in [1.54, 1.807) is 25.5 Å². The van der Waals surface area contributed by atoms with Crippen molar-refractivity contribution in [2.45, 2.75) is 6.10 Å². The minimum atomic E-state index is -0.809. The van der Waals surface area contributed by atoms with Crippen LogP contribution >= 0.6 is 0 Å². The third-order valence-corrected chi connectivity index (χ3v) is 4.23. The van der Waals surface area contributed by atoms with Crippen molar-refractivity contribution in [2.75, 3.05) is 17.3 Å². The van der Waals surface area contributed by atoms with Crippen LogP contribution in [-0.2, 0) is 4.79 Å². The third kappa shape index (κ3) is 4.40. The lowest BCUT2D eigenvalue weighted by Gasteiger charge is -2.21. The van der Waals surface area contributed by atoms with E-state index in [0.29, 0.717) is 11.3 Å². The fourth-order valence-electron chi connectivity index (χ4n) is 2.75. The first-order chi connectivity index (χ1) is 13.1. The first kappa shape index (κ1) is 18.4. The van der Waals surface area contributed by atoms with Crippen LogP contribution in [0, 0.1) is 0 Å². The van der Waals surface area contributed by atoms with Gasteiger partial charge in [-0.3, -0.25) is 9.78 Å². The zero-order chi connectivity index (χ0) is 19.2. The average molecular weight is 359 g/mol. The number of hydrogen-bond acceptors (Lipinski definition) is 4. The van der Waals surface area contributed by atoms with E-state index in [0.717, 1.165) is 16.9 Å². The number of aliphatic hydroxyl groups is 1. The van der Waals surface area contributed by atoms with Gasteiger partial charge in [-0.05, 0) is 47.5 Å². The second-order valence-corrected chi connectivity index (χ2v) is 6.09. The van der Waals surface area contributed by atoms with Gasteiger partial charge in [0.15, 0.2) is 0 Å². The first-order valence-corrected chi connectivity index (χ1v) is 8.53. The summed E-state index contributed by atoms with van der Waals surface area (Å²) in [5.41, 5.74) is 3.73. The Bertz CT molecular complexity index is 927. The average Bonchev–Trinajstić information content (AvgIpc) is 2.73. The molecule has 0 radical (unpaired) electrons. The summed E-state index contributed by atoms with van der Waals surface area (Å²) in [6.45, 7) is 3.54. The SMILES string of the molecule is C=CC(=O)N(C)c1cc(Nc2ccncc2)cc(C(O)c2ccccc2)c1. The Morgan fingerprint density at radius 1 is 1.07 bits per heavy atom. The molecular weight excluding hydrogens is 338 g/mol. The van der Waals surface area contributed by atoms with Crippen molar-refractivity contribution in [3.05, 3.63) is 96.8 Å². The Labute approximate surface area is 158 Å². The molecule has 5 heteroatoms. The summed E-state index contributed by atoms with van der Waals surface area (Å²) in [6.07, 6.45) is 3.84. The summed E-state index contributed by atoms with van der Waals surface area (Å²) in [4.78, 5) is 17.6. The molecule has 1 heterocycles. The Kier molecular flexibility index (Phi) is 5.64. The van der Waals surface area contributed by atoms with Crippen LogP contribution in [0.4, 0.5) is 17.1 Å². The molecule has 1 aromatic heterocycles. The number of hydrogen-bond donors (Lipinski definition) is 2. The van der Waals surface area contributed by atoms with Crippen molar-refractivity contribution >= 4 is 23.0 Å². The number of pyridine rings is 1. The van der Waals surface area contributed by atoms with E-state index in [1.807, 2.05) is 54.6 Å². The van der Waals surface area contributed by atoms with Gasteiger partial charge in [-0.1, -0.05) is 36.9 Å². The van der Waals surface area contributed by atoms with Crippen LogP contribution in [0.3, 0.4) is 0 Å². The van der Waals surface area contributed by atoms with Crippen molar-refractivity contribution in [3.63, 3.8) is 0 Å². The molecule has 0 aliphatic rings. The summed E-state index contributed by atoms with van der Waals surface area (Å²) in [7, 11) is 1.67. The van der Waals surface area contributed by atoms with Crippen molar-refractivity contribution in [2.24, 2.45) is 0 Å². The summed E-state index contributed by atoms with van der Waals surface area (Å²) < 4.78 is 0. The lowest BCUT2D eigenvalue weighted by atomic mass is 10.00. The number of likely N-dealkylation sites (N-methyl/N-ethyl adjacent to an activating group) is 1. The normalized spacial score (nSPS) is 11.5. The van der Waals surface area contributed by atoms with E-state index >= 15 is 0 Å². The second kappa shape index (κ2) is 8.29. The van der Waals surface area contributed by atoms with Crippen molar-refractivity contribution in [1.29, 1.82) is 0 Å². The molecule has 3 rings (SSSR count). The van der Waals surface area contributed by atoms with E-state index < -0.39 is 6.10 Å². The Morgan fingerprint density at radius 2 is 1.78 bits per heavy atom. The topological polar surface area (TPSA) is 65.5 Å². The highest BCUT2D eigenvalue weighted by Gasteiger charge is 2.15. The quantitative estimate of drug-likeness (QED) is 0.652. The molecular formula is C22H21N3O2. The minimum absolute atomic E-state index is 0.226. The molecule has 5 nitrogen and oxygen atoms in total. The molecule has 0 aliphatic heterocycles. The summed E-state index contributed by atoms with van der Waals surface area (Å²) in [5, 5.41) is 14.1. The highest BCUT2D eigenvalue weighted by atomic mass is 16.3. The lowest BCUT2D eigenvalue weighted by molar-refractivity contribution is -0.113. The molecule has 0 saturated carbocycles. The summed E-state index contributed by atoms with van der Waals surface area (Å²) in [6, 6.07) is 18.6. The lowest BCUT2D eigenvalue weighted by Crippen LogP contribution is -2.24. The van der Waals surface area contributed by atoms with Crippen LogP contribution in [0.15, 0.2) is 85.7 Å². The summed E-state index contributed by atoms with van der Waals surface area (Å²) >= 11 is 0. The zero-order valence-electron chi connectivity index (χ0n) is 15.0. The number of nitrogens with one attached hydrogen (secondary N) is 1. The molecule has 1 atom stereocenters. The van der Waals surface area contributed by atoms with Gasteiger partial charge in [-0.2, -0.15) is 0 Å². The van der Waals surface area contributed by atoms with Crippen LogP contribution in [0.25, 0.3) is 0 Å². The smallest absolute Gasteiger partial charge is 0.250 e. The molecule has 3 aromatic rings. The molecule has 0 fully saturated rings. The number of carbonyl (C=O) groups excluding carboxylic acids is 1. The van der Waals surface area contributed by atoms with Gasteiger partial charge in [-0.25, -0.2) is 0 Å². The van der Waals surface area contributed by atoms with Gasteiger partial charge >= 0.3 is 0 Å². The van der Waals surface area contributed by atoms with E-state index in [1.165, 1.54) is 11.0 Å². The number of carbonyl (C=O) groups is 1. The fourth-order valence-corrected chi connectivity index (χ4v) is 2.75. The van der Waals surface area contributed by atoms with Crippen molar-refractivity contribution in [1.82, 2.24) is 4.98 Å². The maximum atomic E-state index is 12.0. The maximum absolute atomic E-state index is 12.0. The Morgan fingerprint density at radius 3 is 2.44 bits per heavy atom. The van der Waals surface area contributed by atoms with Crippen molar-refractivity contribution < 1.29 is 9.90 Å².